The molecule has 0 fully saturated rings. The number of benzene rings is 1. The molecular weight excluding hydrogens is 380 g/mol. The van der Waals surface area contributed by atoms with Gasteiger partial charge in [0.15, 0.2) is 0 Å². The summed E-state index contributed by atoms with van der Waals surface area (Å²) < 4.78 is 16.2. The molecule has 0 atom stereocenters. The highest BCUT2D eigenvalue weighted by atomic mass is 79.9. The molecule has 3 nitrogen and oxygen atoms in total. The molecule has 7 heteroatoms. The van der Waals surface area contributed by atoms with E-state index < -0.39 is 5.82 Å². The molecule has 0 saturated heterocycles. The van der Waals surface area contributed by atoms with Gasteiger partial charge in [0.05, 0.1) is 22.6 Å². The first-order valence-electron chi connectivity index (χ1n) is 6.05. The van der Waals surface area contributed by atoms with Crippen LogP contribution in [0.15, 0.2) is 41.1 Å². The maximum absolute atomic E-state index is 13.5. The maximum atomic E-state index is 13.5. The smallest absolute Gasteiger partial charge is 0.142 e. The number of halogens is 4. The van der Waals surface area contributed by atoms with Crippen LogP contribution in [0.1, 0.15) is 5.56 Å². The van der Waals surface area contributed by atoms with Crippen molar-refractivity contribution < 1.29 is 4.39 Å². The Morgan fingerprint density at radius 1 is 1.29 bits per heavy atom. The van der Waals surface area contributed by atoms with Crippen molar-refractivity contribution in [2.24, 2.45) is 0 Å². The first-order chi connectivity index (χ1) is 10.1. The van der Waals surface area contributed by atoms with Gasteiger partial charge in [-0.3, -0.25) is 9.66 Å². The lowest BCUT2D eigenvalue weighted by Crippen LogP contribution is -2.13. The third kappa shape index (κ3) is 2.86. The molecule has 1 N–H and O–H groups in total. The predicted octanol–water partition coefficient (Wildman–Crippen LogP) is 4.99. The van der Waals surface area contributed by atoms with Crippen LogP contribution in [0.4, 0.5) is 4.39 Å². The van der Waals surface area contributed by atoms with Gasteiger partial charge in [0, 0.05) is 27.5 Å². The lowest BCUT2D eigenvalue weighted by molar-refractivity contribution is 0.626. The molecule has 3 rings (SSSR count). The summed E-state index contributed by atoms with van der Waals surface area (Å²) in [6.07, 6.45) is 3.57. The van der Waals surface area contributed by atoms with Crippen LogP contribution in [0.3, 0.4) is 0 Å². The summed E-state index contributed by atoms with van der Waals surface area (Å²) in [6.45, 7) is 0.297. The molecule has 1 aromatic carbocycles. The van der Waals surface area contributed by atoms with Crippen molar-refractivity contribution in [3.05, 3.63) is 62.6 Å². The average Bonchev–Trinajstić information content (AvgIpc) is 2.85. The number of aromatic nitrogens is 2. The van der Waals surface area contributed by atoms with Crippen molar-refractivity contribution in [2.45, 2.75) is 6.54 Å². The van der Waals surface area contributed by atoms with Gasteiger partial charge in [0.1, 0.15) is 5.82 Å². The zero-order valence-electron chi connectivity index (χ0n) is 10.6. The number of nitrogens with zero attached hydrogens (tertiary/aromatic N) is 2. The van der Waals surface area contributed by atoms with E-state index in [0.717, 1.165) is 15.5 Å². The Morgan fingerprint density at radius 3 is 2.90 bits per heavy atom. The first-order valence-corrected chi connectivity index (χ1v) is 7.60. The summed E-state index contributed by atoms with van der Waals surface area (Å²) in [5.74, 6) is -0.486. The minimum Gasteiger partial charge on any atom is -0.321 e. The Bertz CT molecular complexity index is 819. The molecular formula is C14H9BrCl2FN3. The molecule has 108 valence electrons. The topological polar surface area (TPSA) is 29.9 Å². The number of hydrogen-bond donors (Lipinski definition) is 1. The van der Waals surface area contributed by atoms with E-state index in [2.05, 4.69) is 26.3 Å². The van der Waals surface area contributed by atoms with E-state index in [1.165, 1.54) is 12.1 Å². The quantitative estimate of drug-likeness (QED) is 0.640. The average molecular weight is 389 g/mol. The second-order valence-electron chi connectivity index (χ2n) is 4.40. The van der Waals surface area contributed by atoms with Gasteiger partial charge >= 0.3 is 0 Å². The second-order valence-corrected chi connectivity index (χ2v) is 6.10. The molecule has 0 aliphatic heterocycles. The summed E-state index contributed by atoms with van der Waals surface area (Å²) in [5.41, 5.74) is 5.40. The lowest BCUT2D eigenvalue weighted by Gasteiger charge is -2.12. The Balaban J connectivity index is 1.91. The van der Waals surface area contributed by atoms with E-state index in [1.807, 2.05) is 18.3 Å². The minimum absolute atomic E-state index is 0.0331. The number of rotatable bonds is 3. The fourth-order valence-corrected chi connectivity index (χ4v) is 2.84. The van der Waals surface area contributed by atoms with Gasteiger partial charge in [0.25, 0.3) is 0 Å². The fraction of sp³-hybridized carbons (Fsp3) is 0.0714. The summed E-state index contributed by atoms with van der Waals surface area (Å²) >= 11 is 15.4. The van der Waals surface area contributed by atoms with E-state index in [1.54, 1.807) is 10.9 Å². The van der Waals surface area contributed by atoms with Gasteiger partial charge < -0.3 is 5.43 Å². The molecule has 0 bridgehead atoms. The molecule has 2 heterocycles. The molecule has 0 spiro atoms. The van der Waals surface area contributed by atoms with Crippen LogP contribution < -0.4 is 5.43 Å². The summed E-state index contributed by atoms with van der Waals surface area (Å²) in [5, 5.41) is 0.454. The highest BCUT2D eigenvalue weighted by Crippen LogP contribution is 2.27. The van der Waals surface area contributed by atoms with Crippen LogP contribution in [0.2, 0.25) is 10.0 Å². The highest BCUT2D eigenvalue weighted by Gasteiger charge is 2.11. The molecule has 0 saturated carbocycles. The number of hydrogen-bond acceptors (Lipinski definition) is 2. The van der Waals surface area contributed by atoms with Crippen molar-refractivity contribution >= 4 is 50.2 Å². The van der Waals surface area contributed by atoms with Gasteiger partial charge in [-0.05, 0) is 40.2 Å². The zero-order chi connectivity index (χ0) is 15.0. The number of nitrogens with one attached hydrogen (secondary N) is 1. The van der Waals surface area contributed by atoms with Crippen LogP contribution in [0.5, 0.6) is 0 Å². The normalized spacial score (nSPS) is 11.0. The molecule has 0 radical (unpaired) electrons. The van der Waals surface area contributed by atoms with Gasteiger partial charge in [-0.2, -0.15) is 0 Å². The van der Waals surface area contributed by atoms with E-state index >= 15 is 0 Å². The van der Waals surface area contributed by atoms with Crippen LogP contribution >= 0.6 is 39.1 Å². The van der Waals surface area contributed by atoms with Crippen LogP contribution in [-0.2, 0) is 6.54 Å². The Hall–Kier alpha value is -1.30. The molecule has 0 amide bonds. The van der Waals surface area contributed by atoms with Crippen molar-refractivity contribution in [2.75, 3.05) is 5.43 Å². The fourth-order valence-electron chi connectivity index (χ4n) is 2.02. The van der Waals surface area contributed by atoms with Crippen LogP contribution in [0.25, 0.3) is 11.0 Å². The Morgan fingerprint density at radius 2 is 2.10 bits per heavy atom. The van der Waals surface area contributed by atoms with Crippen molar-refractivity contribution in [1.82, 2.24) is 9.66 Å². The maximum Gasteiger partial charge on any atom is 0.142 e. The van der Waals surface area contributed by atoms with Crippen LogP contribution in [-0.4, -0.2) is 9.66 Å². The van der Waals surface area contributed by atoms with E-state index in [-0.39, 0.29) is 5.02 Å². The largest absolute Gasteiger partial charge is 0.321 e. The van der Waals surface area contributed by atoms with E-state index in [0.29, 0.717) is 17.1 Å². The lowest BCUT2D eigenvalue weighted by atomic mass is 10.2. The van der Waals surface area contributed by atoms with Crippen molar-refractivity contribution in [1.29, 1.82) is 0 Å². The second kappa shape index (κ2) is 5.83. The molecule has 3 aromatic rings. The van der Waals surface area contributed by atoms with Crippen molar-refractivity contribution in [3.63, 3.8) is 0 Å². The number of fused-ring (bicyclic) bond motifs is 1. The van der Waals surface area contributed by atoms with Gasteiger partial charge in [-0.1, -0.05) is 23.2 Å². The minimum atomic E-state index is -0.486. The third-order valence-electron chi connectivity index (χ3n) is 3.07. The SMILES string of the molecule is Fc1ccc(Cl)c(CNn2ccc3ncc(Br)cc32)c1Cl. The Kier molecular flexibility index (Phi) is 4.06. The first kappa shape index (κ1) is 14.6. The molecule has 0 unspecified atom stereocenters. The molecule has 21 heavy (non-hydrogen) atoms. The van der Waals surface area contributed by atoms with Gasteiger partial charge in [-0.15, -0.1) is 0 Å². The Labute approximate surface area is 138 Å². The molecule has 0 aliphatic carbocycles. The van der Waals surface area contributed by atoms with E-state index in [9.17, 15) is 4.39 Å². The summed E-state index contributed by atoms with van der Waals surface area (Å²) in [4.78, 5) is 4.29. The van der Waals surface area contributed by atoms with Gasteiger partial charge in [-0.25, -0.2) is 4.39 Å². The van der Waals surface area contributed by atoms with Gasteiger partial charge in [0.2, 0.25) is 0 Å². The highest BCUT2D eigenvalue weighted by molar-refractivity contribution is 9.10. The zero-order valence-corrected chi connectivity index (χ0v) is 13.7. The summed E-state index contributed by atoms with van der Waals surface area (Å²) in [6, 6.07) is 6.56. The molecule has 0 aliphatic rings. The summed E-state index contributed by atoms with van der Waals surface area (Å²) in [7, 11) is 0. The van der Waals surface area contributed by atoms with E-state index in [4.69, 9.17) is 23.2 Å². The predicted molar refractivity (Wildman–Crippen MR) is 86.9 cm³/mol. The molecule has 2 aromatic heterocycles. The third-order valence-corrected chi connectivity index (χ3v) is 4.27. The van der Waals surface area contributed by atoms with Crippen molar-refractivity contribution in [3.8, 4) is 0 Å². The number of pyridine rings is 1. The van der Waals surface area contributed by atoms with Crippen LogP contribution in [0, 0.1) is 5.82 Å². The monoisotopic (exact) mass is 387 g/mol. The standard InChI is InChI=1S/C14H9BrCl2FN3/c15-8-5-13-12(19-6-8)3-4-21(13)20-7-9-10(16)1-2-11(18)14(9)17/h1-6,20H,7H2.